The van der Waals surface area contributed by atoms with Crippen molar-refractivity contribution in [2.75, 3.05) is 13.7 Å². The summed E-state index contributed by atoms with van der Waals surface area (Å²) in [5, 5.41) is 2.85. The Morgan fingerprint density at radius 3 is 2.62 bits per heavy atom. The van der Waals surface area contributed by atoms with E-state index in [1.54, 1.807) is 25.3 Å². The van der Waals surface area contributed by atoms with Crippen molar-refractivity contribution in [3.05, 3.63) is 29.8 Å². The van der Waals surface area contributed by atoms with E-state index < -0.39 is 5.54 Å². The average Bonchev–Trinajstić information content (AvgIpc) is 2.28. The molecule has 1 aromatic rings. The van der Waals surface area contributed by atoms with E-state index in [0.29, 0.717) is 17.9 Å². The van der Waals surface area contributed by atoms with Crippen molar-refractivity contribution in [2.45, 2.75) is 19.4 Å². The Morgan fingerprint density at radius 2 is 2.06 bits per heavy atom. The van der Waals surface area contributed by atoms with E-state index in [0.717, 1.165) is 0 Å². The number of hydrogen-bond acceptors (Lipinski definition) is 3. The molecule has 4 heteroatoms. The highest BCUT2D eigenvalue weighted by Crippen LogP contribution is 2.17. The third-order valence-corrected chi connectivity index (χ3v) is 2.31. The van der Waals surface area contributed by atoms with Gasteiger partial charge in [0.2, 0.25) is 0 Å². The average molecular weight is 222 g/mol. The van der Waals surface area contributed by atoms with Crippen LogP contribution in [0, 0.1) is 0 Å². The van der Waals surface area contributed by atoms with Crippen LogP contribution in [0.5, 0.6) is 5.75 Å². The van der Waals surface area contributed by atoms with Gasteiger partial charge in [0.25, 0.3) is 5.91 Å². The van der Waals surface area contributed by atoms with Crippen molar-refractivity contribution >= 4 is 5.91 Å². The first-order chi connectivity index (χ1) is 7.50. The molecule has 0 fully saturated rings. The Morgan fingerprint density at radius 1 is 1.44 bits per heavy atom. The Labute approximate surface area is 95.8 Å². The second kappa shape index (κ2) is 4.99. The predicted octanol–water partition coefficient (Wildman–Crippen LogP) is 1.16. The highest BCUT2D eigenvalue weighted by molar-refractivity contribution is 5.97. The summed E-state index contributed by atoms with van der Waals surface area (Å²) in [5.41, 5.74) is 5.66. The van der Waals surface area contributed by atoms with Gasteiger partial charge in [0, 0.05) is 12.1 Å². The van der Waals surface area contributed by atoms with Crippen LogP contribution in [0.15, 0.2) is 24.3 Å². The smallest absolute Gasteiger partial charge is 0.255 e. The zero-order chi connectivity index (χ0) is 12.2. The first-order valence-corrected chi connectivity index (χ1v) is 5.16. The van der Waals surface area contributed by atoms with Gasteiger partial charge >= 0.3 is 0 Å². The molecule has 3 N–H and O–H groups in total. The molecule has 0 aromatic heterocycles. The van der Waals surface area contributed by atoms with E-state index in [9.17, 15) is 4.79 Å². The molecular weight excluding hydrogens is 204 g/mol. The summed E-state index contributed by atoms with van der Waals surface area (Å²) >= 11 is 0. The van der Waals surface area contributed by atoms with Crippen LogP contribution < -0.4 is 15.8 Å². The molecule has 4 nitrogen and oxygen atoms in total. The van der Waals surface area contributed by atoms with Gasteiger partial charge in [-0.15, -0.1) is 0 Å². The van der Waals surface area contributed by atoms with Gasteiger partial charge in [0.05, 0.1) is 12.7 Å². The van der Waals surface area contributed by atoms with E-state index in [2.05, 4.69) is 5.32 Å². The van der Waals surface area contributed by atoms with Gasteiger partial charge in [-0.05, 0) is 26.0 Å². The highest BCUT2D eigenvalue weighted by atomic mass is 16.5. The maximum absolute atomic E-state index is 12.0. The Kier molecular flexibility index (Phi) is 3.90. The quantitative estimate of drug-likeness (QED) is 0.803. The van der Waals surface area contributed by atoms with Crippen LogP contribution in [-0.4, -0.2) is 25.1 Å². The molecule has 16 heavy (non-hydrogen) atoms. The van der Waals surface area contributed by atoms with Crippen LogP contribution in [0.4, 0.5) is 0 Å². The number of carbonyl (C=O) groups excluding carboxylic acids is 1. The number of nitrogens with one attached hydrogen (secondary N) is 1. The Balaban J connectivity index is 2.88. The summed E-state index contributed by atoms with van der Waals surface area (Å²) < 4.78 is 5.12. The van der Waals surface area contributed by atoms with E-state index in [-0.39, 0.29) is 5.91 Å². The van der Waals surface area contributed by atoms with Gasteiger partial charge in [0.1, 0.15) is 5.75 Å². The molecule has 0 atom stereocenters. The molecule has 0 saturated heterocycles. The summed E-state index contributed by atoms with van der Waals surface area (Å²) in [4.78, 5) is 12.0. The van der Waals surface area contributed by atoms with Gasteiger partial charge in [-0.2, -0.15) is 0 Å². The minimum absolute atomic E-state index is 0.173. The molecule has 0 aliphatic rings. The van der Waals surface area contributed by atoms with Crippen molar-refractivity contribution in [1.29, 1.82) is 0 Å². The zero-order valence-electron chi connectivity index (χ0n) is 9.91. The molecule has 88 valence electrons. The van der Waals surface area contributed by atoms with Crippen molar-refractivity contribution in [3.63, 3.8) is 0 Å². The fourth-order valence-corrected chi connectivity index (χ4v) is 1.26. The van der Waals surface area contributed by atoms with Crippen molar-refractivity contribution < 1.29 is 9.53 Å². The molecule has 0 aliphatic heterocycles. The number of rotatable bonds is 4. The van der Waals surface area contributed by atoms with Gasteiger partial charge in [-0.3, -0.25) is 4.79 Å². The van der Waals surface area contributed by atoms with Crippen molar-refractivity contribution in [1.82, 2.24) is 5.32 Å². The number of ether oxygens (including phenoxy) is 1. The minimum Gasteiger partial charge on any atom is -0.496 e. The first-order valence-electron chi connectivity index (χ1n) is 5.16. The largest absolute Gasteiger partial charge is 0.496 e. The summed E-state index contributed by atoms with van der Waals surface area (Å²) in [6.45, 7) is 4.13. The summed E-state index contributed by atoms with van der Waals surface area (Å²) in [6.07, 6.45) is 0. The standard InChI is InChI=1S/C12H18N2O2/c1-12(2,8-13)14-11(15)9-6-4-5-7-10(9)16-3/h4-7H,8,13H2,1-3H3,(H,14,15). The fraction of sp³-hybridized carbons (Fsp3) is 0.417. The van der Waals surface area contributed by atoms with Gasteiger partial charge in [-0.25, -0.2) is 0 Å². The Hall–Kier alpha value is -1.55. The van der Waals surface area contributed by atoms with Crippen LogP contribution >= 0.6 is 0 Å². The molecule has 1 amide bonds. The normalized spacial score (nSPS) is 11.0. The SMILES string of the molecule is COc1ccccc1C(=O)NC(C)(C)CN. The lowest BCUT2D eigenvalue weighted by Crippen LogP contribution is -2.48. The number of benzene rings is 1. The molecule has 0 heterocycles. The maximum atomic E-state index is 12.0. The lowest BCUT2D eigenvalue weighted by Gasteiger charge is -2.24. The third kappa shape index (κ3) is 2.97. The number of carbonyl (C=O) groups is 1. The number of amides is 1. The zero-order valence-corrected chi connectivity index (χ0v) is 9.91. The highest BCUT2D eigenvalue weighted by Gasteiger charge is 2.20. The van der Waals surface area contributed by atoms with Crippen LogP contribution in [0.3, 0.4) is 0 Å². The molecule has 1 aromatic carbocycles. The van der Waals surface area contributed by atoms with Crippen molar-refractivity contribution in [2.24, 2.45) is 5.73 Å². The van der Waals surface area contributed by atoms with Crippen LogP contribution in [0.25, 0.3) is 0 Å². The number of para-hydroxylation sites is 1. The second-order valence-electron chi connectivity index (χ2n) is 4.24. The van der Waals surface area contributed by atoms with Gasteiger partial charge < -0.3 is 15.8 Å². The van der Waals surface area contributed by atoms with Crippen LogP contribution in [0.2, 0.25) is 0 Å². The van der Waals surface area contributed by atoms with E-state index in [1.165, 1.54) is 0 Å². The third-order valence-electron chi connectivity index (χ3n) is 2.31. The minimum atomic E-state index is -0.419. The number of hydrogen-bond donors (Lipinski definition) is 2. The molecular formula is C12H18N2O2. The monoisotopic (exact) mass is 222 g/mol. The molecule has 0 bridgehead atoms. The molecule has 1 rings (SSSR count). The topological polar surface area (TPSA) is 64.3 Å². The fourth-order valence-electron chi connectivity index (χ4n) is 1.26. The van der Waals surface area contributed by atoms with Gasteiger partial charge in [-0.1, -0.05) is 12.1 Å². The lowest BCUT2D eigenvalue weighted by molar-refractivity contribution is 0.0912. The summed E-state index contributed by atoms with van der Waals surface area (Å²) in [7, 11) is 1.54. The molecule has 0 unspecified atom stereocenters. The van der Waals surface area contributed by atoms with Gasteiger partial charge in [0.15, 0.2) is 0 Å². The van der Waals surface area contributed by atoms with Crippen LogP contribution in [0.1, 0.15) is 24.2 Å². The molecule has 0 radical (unpaired) electrons. The van der Waals surface area contributed by atoms with E-state index >= 15 is 0 Å². The molecule has 0 aliphatic carbocycles. The summed E-state index contributed by atoms with van der Waals surface area (Å²) in [5.74, 6) is 0.390. The number of nitrogens with two attached hydrogens (primary N) is 1. The predicted molar refractivity (Wildman–Crippen MR) is 63.6 cm³/mol. The van der Waals surface area contributed by atoms with Crippen LogP contribution in [-0.2, 0) is 0 Å². The molecule has 0 spiro atoms. The van der Waals surface area contributed by atoms with E-state index in [4.69, 9.17) is 10.5 Å². The Bertz CT molecular complexity index is 375. The first kappa shape index (κ1) is 12.5. The maximum Gasteiger partial charge on any atom is 0.255 e. The molecule has 0 saturated carbocycles. The number of methoxy groups -OCH3 is 1. The summed E-state index contributed by atoms with van der Waals surface area (Å²) in [6, 6.07) is 7.10. The lowest BCUT2D eigenvalue weighted by atomic mass is 10.0. The van der Waals surface area contributed by atoms with Crippen molar-refractivity contribution in [3.8, 4) is 5.75 Å². The van der Waals surface area contributed by atoms with E-state index in [1.807, 2.05) is 19.9 Å². The second-order valence-corrected chi connectivity index (χ2v) is 4.24.